The van der Waals surface area contributed by atoms with E-state index in [9.17, 15) is 9.59 Å². The molecule has 0 aromatic carbocycles. The summed E-state index contributed by atoms with van der Waals surface area (Å²) < 4.78 is 4.95. The van der Waals surface area contributed by atoms with Crippen molar-refractivity contribution in [3.63, 3.8) is 0 Å². The molecule has 14 heavy (non-hydrogen) atoms. The molecule has 0 saturated heterocycles. The minimum Gasteiger partial charge on any atom is -0.478 e. The Bertz CT molecular complexity index is 340. The number of hydrogen-bond acceptors (Lipinski definition) is 3. The minimum absolute atomic E-state index is 0.246. The highest BCUT2D eigenvalue weighted by molar-refractivity contribution is 5.93. The standard InChI is InChI=1S/C9H9NO4/c11-8(3-4-9(12)13)10-6-7-2-1-5-14-7/h1-5H,6H2,(H,10,11)(H,12,13)/b4-3-. The second kappa shape index (κ2) is 4.86. The highest BCUT2D eigenvalue weighted by Crippen LogP contribution is 1.98. The molecule has 0 saturated carbocycles. The Balaban J connectivity index is 2.32. The van der Waals surface area contributed by atoms with Gasteiger partial charge in [-0.3, -0.25) is 4.79 Å². The number of carbonyl (C=O) groups excluding carboxylic acids is 1. The maximum Gasteiger partial charge on any atom is 0.328 e. The van der Waals surface area contributed by atoms with E-state index in [0.29, 0.717) is 5.76 Å². The third-order valence-corrected chi connectivity index (χ3v) is 1.39. The molecule has 1 heterocycles. The van der Waals surface area contributed by atoms with Crippen LogP contribution in [0.15, 0.2) is 35.0 Å². The van der Waals surface area contributed by atoms with Crippen molar-refractivity contribution in [3.8, 4) is 0 Å². The van der Waals surface area contributed by atoms with Gasteiger partial charge in [-0.2, -0.15) is 0 Å². The van der Waals surface area contributed by atoms with Gasteiger partial charge in [0.25, 0.3) is 0 Å². The molecule has 0 spiro atoms. The number of carboxylic acid groups (broad SMARTS) is 1. The number of amides is 1. The Morgan fingerprint density at radius 2 is 2.29 bits per heavy atom. The lowest BCUT2D eigenvalue weighted by atomic mass is 10.4. The van der Waals surface area contributed by atoms with Gasteiger partial charge in [-0.15, -0.1) is 0 Å². The van der Waals surface area contributed by atoms with Gasteiger partial charge in [0.15, 0.2) is 0 Å². The largest absolute Gasteiger partial charge is 0.478 e. The van der Waals surface area contributed by atoms with Gasteiger partial charge in [0, 0.05) is 12.2 Å². The molecule has 0 unspecified atom stereocenters. The first-order valence-electron chi connectivity index (χ1n) is 3.89. The third-order valence-electron chi connectivity index (χ3n) is 1.39. The van der Waals surface area contributed by atoms with Crippen molar-refractivity contribution in [2.45, 2.75) is 6.54 Å². The fourth-order valence-corrected chi connectivity index (χ4v) is 0.793. The fraction of sp³-hybridized carbons (Fsp3) is 0.111. The zero-order valence-corrected chi connectivity index (χ0v) is 7.27. The Morgan fingerprint density at radius 1 is 1.50 bits per heavy atom. The molecule has 5 nitrogen and oxygen atoms in total. The lowest BCUT2D eigenvalue weighted by molar-refractivity contribution is -0.131. The van der Waals surface area contributed by atoms with Crippen molar-refractivity contribution in [1.82, 2.24) is 5.32 Å². The van der Waals surface area contributed by atoms with Gasteiger partial charge in [0.2, 0.25) is 5.91 Å². The van der Waals surface area contributed by atoms with Crippen LogP contribution in [0, 0.1) is 0 Å². The van der Waals surface area contributed by atoms with Crippen LogP contribution in [0.3, 0.4) is 0 Å². The van der Waals surface area contributed by atoms with Gasteiger partial charge in [-0.25, -0.2) is 4.79 Å². The quantitative estimate of drug-likeness (QED) is 0.687. The molecule has 0 aliphatic carbocycles. The predicted molar refractivity (Wildman–Crippen MR) is 47.3 cm³/mol. The van der Waals surface area contributed by atoms with Crippen molar-refractivity contribution < 1.29 is 19.1 Å². The predicted octanol–water partition coefficient (Wildman–Crippen LogP) is 0.537. The van der Waals surface area contributed by atoms with E-state index in [1.54, 1.807) is 12.1 Å². The Labute approximate surface area is 80.0 Å². The van der Waals surface area contributed by atoms with Crippen molar-refractivity contribution in [2.75, 3.05) is 0 Å². The van der Waals surface area contributed by atoms with E-state index in [1.165, 1.54) is 6.26 Å². The highest BCUT2D eigenvalue weighted by atomic mass is 16.4. The van der Waals surface area contributed by atoms with Gasteiger partial charge in [-0.1, -0.05) is 0 Å². The summed E-state index contributed by atoms with van der Waals surface area (Å²) in [6, 6.07) is 3.41. The average Bonchev–Trinajstić information content (AvgIpc) is 2.63. The third kappa shape index (κ3) is 3.57. The van der Waals surface area contributed by atoms with Crippen LogP contribution in [0.4, 0.5) is 0 Å². The molecule has 2 N–H and O–H groups in total. The molecule has 0 atom stereocenters. The zero-order chi connectivity index (χ0) is 10.4. The summed E-state index contributed by atoms with van der Waals surface area (Å²) in [6.07, 6.45) is 3.22. The lowest BCUT2D eigenvalue weighted by Crippen LogP contribution is -2.20. The first-order valence-corrected chi connectivity index (χ1v) is 3.89. The molecule has 1 aromatic rings. The number of carbonyl (C=O) groups is 2. The molecule has 0 radical (unpaired) electrons. The van der Waals surface area contributed by atoms with Gasteiger partial charge in [0.05, 0.1) is 12.8 Å². The van der Waals surface area contributed by atoms with Crippen LogP contribution < -0.4 is 5.32 Å². The summed E-state index contributed by atoms with van der Waals surface area (Å²) in [5.74, 6) is -1.01. The summed E-state index contributed by atoms with van der Waals surface area (Å²) in [5.41, 5.74) is 0. The smallest absolute Gasteiger partial charge is 0.328 e. The Morgan fingerprint density at radius 3 is 2.86 bits per heavy atom. The Kier molecular flexibility index (Phi) is 3.49. The zero-order valence-electron chi connectivity index (χ0n) is 7.27. The normalized spacial score (nSPS) is 10.3. The van der Waals surface area contributed by atoms with Gasteiger partial charge >= 0.3 is 5.97 Å². The van der Waals surface area contributed by atoms with Crippen LogP contribution >= 0.6 is 0 Å². The Hall–Kier alpha value is -2.04. The summed E-state index contributed by atoms with van der Waals surface area (Å²) in [4.78, 5) is 21.0. The van der Waals surface area contributed by atoms with Crippen LogP contribution in [0.2, 0.25) is 0 Å². The number of aliphatic carboxylic acids is 1. The van der Waals surface area contributed by atoms with E-state index in [-0.39, 0.29) is 6.54 Å². The maximum absolute atomic E-state index is 10.9. The molecular formula is C9H9NO4. The molecule has 1 aromatic heterocycles. The van der Waals surface area contributed by atoms with Gasteiger partial charge in [-0.05, 0) is 12.1 Å². The van der Waals surface area contributed by atoms with Crippen molar-refractivity contribution >= 4 is 11.9 Å². The molecule has 0 aliphatic heterocycles. The molecule has 0 bridgehead atoms. The number of carboxylic acids is 1. The molecule has 1 amide bonds. The lowest BCUT2D eigenvalue weighted by Gasteiger charge is -1.97. The van der Waals surface area contributed by atoms with E-state index in [4.69, 9.17) is 9.52 Å². The molecule has 5 heteroatoms. The van der Waals surface area contributed by atoms with E-state index in [2.05, 4.69) is 5.32 Å². The van der Waals surface area contributed by atoms with Crippen LogP contribution in [0.1, 0.15) is 5.76 Å². The van der Waals surface area contributed by atoms with Gasteiger partial charge in [0.1, 0.15) is 5.76 Å². The number of nitrogens with one attached hydrogen (secondary N) is 1. The summed E-state index contributed by atoms with van der Waals surface area (Å²) in [6.45, 7) is 0.246. The maximum atomic E-state index is 10.9. The molecule has 74 valence electrons. The van der Waals surface area contributed by atoms with E-state index in [1.807, 2.05) is 0 Å². The van der Waals surface area contributed by atoms with Crippen LogP contribution in [0.25, 0.3) is 0 Å². The monoisotopic (exact) mass is 195 g/mol. The summed E-state index contributed by atoms with van der Waals surface area (Å²) in [5, 5.41) is 10.7. The molecule has 0 fully saturated rings. The topological polar surface area (TPSA) is 79.5 Å². The van der Waals surface area contributed by atoms with Gasteiger partial charge < -0.3 is 14.8 Å². The second-order valence-electron chi connectivity index (χ2n) is 2.47. The number of rotatable bonds is 4. The number of furan rings is 1. The second-order valence-corrected chi connectivity index (χ2v) is 2.47. The average molecular weight is 195 g/mol. The highest BCUT2D eigenvalue weighted by Gasteiger charge is 1.98. The molecule has 1 rings (SSSR count). The number of hydrogen-bond donors (Lipinski definition) is 2. The molecular weight excluding hydrogens is 186 g/mol. The van der Waals surface area contributed by atoms with Crippen LogP contribution in [-0.4, -0.2) is 17.0 Å². The first-order chi connectivity index (χ1) is 6.68. The first kappa shape index (κ1) is 10.0. The van der Waals surface area contributed by atoms with Crippen molar-refractivity contribution in [3.05, 3.63) is 36.3 Å². The van der Waals surface area contributed by atoms with Crippen molar-refractivity contribution in [2.24, 2.45) is 0 Å². The fourth-order valence-electron chi connectivity index (χ4n) is 0.793. The summed E-state index contributed by atoms with van der Waals surface area (Å²) in [7, 11) is 0. The summed E-state index contributed by atoms with van der Waals surface area (Å²) >= 11 is 0. The van der Waals surface area contributed by atoms with Crippen molar-refractivity contribution in [1.29, 1.82) is 0 Å². The van der Waals surface area contributed by atoms with Crippen LogP contribution in [-0.2, 0) is 16.1 Å². The SMILES string of the molecule is O=C(O)/C=C\C(=O)NCc1ccco1. The van der Waals surface area contributed by atoms with E-state index >= 15 is 0 Å². The molecule has 0 aliphatic rings. The van der Waals surface area contributed by atoms with E-state index < -0.39 is 11.9 Å². The van der Waals surface area contributed by atoms with E-state index in [0.717, 1.165) is 12.2 Å². The minimum atomic E-state index is -1.15. The van der Waals surface area contributed by atoms with Crippen LogP contribution in [0.5, 0.6) is 0 Å².